The monoisotopic (exact) mass is 345 g/mol. The molecule has 0 fully saturated rings. The fraction of sp³-hybridized carbons (Fsp3) is 0.500. The number of amides is 1. The molecular weight excluding hydrogens is 322 g/mol. The van der Waals surface area contributed by atoms with E-state index in [-0.39, 0.29) is 10.8 Å². The van der Waals surface area contributed by atoms with Crippen molar-refractivity contribution < 1.29 is 13.2 Å². The van der Waals surface area contributed by atoms with Crippen molar-refractivity contribution in [2.75, 3.05) is 31.4 Å². The first kappa shape index (κ1) is 19.0. The topological polar surface area (TPSA) is 92.5 Å². The molecule has 0 radical (unpaired) electrons. The molecule has 3 N–H and O–H groups in total. The molecule has 1 amide bonds. The largest absolute Gasteiger partial charge is 0.325 e. The summed E-state index contributed by atoms with van der Waals surface area (Å²) < 4.78 is 25.6. The van der Waals surface area contributed by atoms with Gasteiger partial charge in [-0.25, -0.2) is 12.7 Å². The fourth-order valence-corrected chi connectivity index (χ4v) is 3.40. The number of anilines is 1. The third-order valence-corrected chi connectivity index (χ3v) is 5.79. The minimum atomic E-state index is -3.55. The number of sulfonamides is 1. The van der Waals surface area contributed by atoms with E-state index >= 15 is 0 Å². The first-order valence-electron chi connectivity index (χ1n) is 6.78. The van der Waals surface area contributed by atoms with Crippen molar-refractivity contribution >= 4 is 33.4 Å². The first-order chi connectivity index (χ1) is 10.2. The van der Waals surface area contributed by atoms with Crippen LogP contribution in [0, 0.1) is 6.92 Å². The second kappa shape index (κ2) is 7.96. The van der Waals surface area contributed by atoms with Crippen molar-refractivity contribution in [3.05, 3.63) is 23.8 Å². The molecule has 0 aliphatic heterocycles. The van der Waals surface area contributed by atoms with Gasteiger partial charge in [-0.05, 0) is 43.0 Å². The van der Waals surface area contributed by atoms with Gasteiger partial charge in [0.2, 0.25) is 15.9 Å². The van der Waals surface area contributed by atoms with Crippen molar-refractivity contribution in [2.45, 2.75) is 24.3 Å². The molecule has 1 atom stereocenters. The molecule has 0 heterocycles. The zero-order valence-corrected chi connectivity index (χ0v) is 14.9. The molecule has 1 rings (SSSR count). The zero-order valence-electron chi connectivity index (χ0n) is 13.3. The summed E-state index contributed by atoms with van der Waals surface area (Å²) in [7, 11) is -0.612. The molecule has 0 spiro atoms. The van der Waals surface area contributed by atoms with E-state index in [2.05, 4.69) is 5.32 Å². The van der Waals surface area contributed by atoms with Gasteiger partial charge in [0.05, 0.1) is 10.9 Å². The molecule has 8 heteroatoms. The van der Waals surface area contributed by atoms with E-state index in [0.29, 0.717) is 17.7 Å². The van der Waals surface area contributed by atoms with Gasteiger partial charge >= 0.3 is 0 Å². The highest BCUT2D eigenvalue weighted by Gasteiger charge is 2.21. The van der Waals surface area contributed by atoms with E-state index in [4.69, 9.17) is 5.73 Å². The van der Waals surface area contributed by atoms with E-state index in [1.807, 2.05) is 6.26 Å². The Balaban J connectivity index is 2.97. The third-order valence-electron chi connectivity index (χ3n) is 3.18. The van der Waals surface area contributed by atoms with E-state index < -0.39 is 16.1 Å². The van der Waals surface area contributed by atoms with Gasteiger partial charge in [-0.2, -0.15) is 11.8 Å². The van der Waals surface area contributed by atoms with Crippen LogP contribution in [0.2, 0.25) is 0 Å². The minimum absolute atomic E-state index is 0.174. The first-order valence-corrected chi connectivity index (χ1v) is 9.62. The Kier molecular flexibility index (Phi) is 6.86. The van der Waals surface area contributed by atoms with Crippen molar-refractivity contribution in [1.29, 1.82) is 0 Å². The number of thioether (sulfide) groups is 1. The van der Waals surface area contributed by atoms with Gasteiger partial charge in [0, 0.05) is 19.8 Å². The average molecular weight is 345 g/mol. The lowest BCUT2D eigenvalue weighted by Gasteiger charge is -2.16. The van der Waals surface area contributed by atoms with Crippen molar-refractivity contribution in [1.82, 2.24) is 4.31 Å². The zero-order chi connectivity index (χ0) is 16.9. The number of aryl methyl sites for hydroxylation is 1. The van der Waals surface area contributed by atoms with Gasteiger partial charge in [-0.3, -0.25) is 4.79 Å². The molecule has 0 aromatic heterocycles. The second-order valence-electron chi connectivity index (χ2n) is 5.14. The molecular formula is C14H23N3O3S2. The van der Waals surface area contributed by atoms with Crippen LogP contribution in [0.1, 0.15) is 12.0 Å². The summed E-state index contributed by atoms with van der Waals surface area (Å²) in [5.74, 6) is 0.481. The highest BCUT2D eigenvalue weighted by atomic mass is 32.2. The van der Waals surface area contributed by atoms with Gasteiger partial charge in [-0.1, -0.05) is 6.07 Å². The van der Waals surface area contributed by atoms with Crippen LogP contribution in [0.5, 0.6) is 0 Å². The highest BCUT2D eigenvalue weighted by molar-refractivity contribution is 7.98. The van der Waals surface area contributed by atoms with Crippen LogP contribution >= 0.6 is 11.8 Å². The normalized spacial score (nSPS) is 13.2. The number of hydrogen-bond acceptors (Lipinski definition) is 5. The Morgan fingerprint density at radius 1 is 1.41 bits per heavy atom. The summed E-state index contributed by atoms with van der Waals surface area (Å²) in [6.07, 6.45) is 2.52. The lowest BCUT2D eigenvalue weighted by Crippen LogP contribution is -2.36. The Morgan fingerprint density at radius 3 is 2.59 bits per heavy atom. The molecule has 124 valence electrons. The van der Waals surface area contributed by atoms with Crippen LogP contribution < -0.4 is 11.1 Å². The molecule has 22 heavy (non-hydrogen) atoms. The maximum Gasteiger partial charge on any atom is 0.242 e. The molecule has 1 aromatic carbocycles. The quantitative estimate of drug-likeness (QED) is 0.776. The predicted octanol–water partition coefficient (Wildman–Crippen LogP) is 1.26. The van der Waals surface area contributed by atoms with Crippen LogP contribution in [0.25, 0.3) is 0 Å². The van der Waals surface area contributed by atoms with Gasteiger partial charge in [0.15, 0.2) is 0 Å². The van der Waals surface area contributed by atoms with Gasteiger partial charge in [0.25, 0.3) is 0 Å². The number of carbonyl (C=O) groups excluding carboxylic acids is 1. The fourth-order valence-electron chi connectivity index (χ4n) is 1.76. The van der Waals surface area contributed by atoms with Gasteiger partial charge in [0.1, 0.15) is 0 Å². The van der Waals surface area contributed by atoms with E-state index in [0.717, 1.165) is 10.1 Å². The molecule has 0 unspecified atom stereocenters. The summed E-state index contributed by atoms with van der Waals surface area (Å²) in [6, 6.07) is 4.19. The lowest BCUT2D eigenvalue weighted by molar-refractivity contribution is -0.117. The Morgan fingerprint density at radius 2 is 2.05 bits per heavy atom. The number of hydrogen-bond donors (Lipinski definition) is 2. The molecule has 6 nitrogen and oxygen atoms in total. The Labute approximate surface area is 136 Å². The summed E-state index contributed by atoms with van der Waals surface area (Å²) in [5.41, 5.74) is 6.85. The Hall–Kier alpha value is -1.09. The number of nitrogens with one attached hydrogen (secondary N) is 1. The van der Waals surface area contributed by atoms with Crippen LogP contribution in [-0.2, 0) is 14.8 Å². The highest BCUT2D eigenvalue weighted by Crippen LogP contribution is 2.22. The van der Waals surface area contributed by atoms with Crippen molar-refractivity contribution in [2.24, 2.45) is 5.73 Å². The van der Waals surface area contributed by atoms with Crippen LogP contribution in [0.15, 0.2) is 23.1 Å². The second-order valence-corrected chi connectivity index (χ2v) is 8.25. The maximum atomic E-state index is 12.3. The van der Waals surface area contributed by atoms with E-state index in [1.54, 1.807) is 30.8 Å². The molecule has 0 aliphatic rings. The third kappa shape index (κ3) is 4.70. The van der Waals surface area contributed by atoms with Crippen molar-refractivity contribution in [3.63, 3.8) is 0 Å². The maximum absolute atomic E-state index is 12.3. The number of rotatable bonds is 7. The van der Waals surface area contributed by atoms with Crippen LogP contribution in [-0.4, -0.2) is 50.8 Å². The molecule has 0 aliphatic carbocycles. The molecule has 1 aromatic rings. The van der Waals surface area contributed by atoms with Crippen LogP contribution in [0.4, 0.5) is 5.69 Å². The van der Waals surface area contributed by atoms with E-state index in [9.17, 15) is 13.2 Å². The number of nitrogens with two attached hydrogens (primary N) is 1. The average Bonchev–Trinajstić information content (AvgIpc) is 2.46. The summed E-state index contributed by atoms with van der Waals surface area (Å²) >= 11 is 1.62. The number of carbonyl (C=O) groups is 1. The van der Waals surface area contributed by atoms with Crippen molar-refractivity contribution in [3.8, 4) is 0 Å². The summed E-state index contributed by atoms with van der Waals surface area (Å²) in [4.78, 5) is 12.2. The number of benzene rings is 1. The predicted molar refractivity (Wildman–Crippen MR) is 91.7 cm³/mol. The van der Waals surface area contributed by atoms with Gasteiger partial charge < -0.3 is 11.1 Å². The van der Waals surface area contributed by atoms with Gasteiger partial charge in [-0.15, -0.1) is 0 Å². The molecule has 0 saturated carbocycles. The van der Waals surface area contributed by atoms with Crippen LogP contribution in [0.3, 0.4) is 0 Å². The number of nitrogens with zero attached hydrogens (tertiary/aromatic N) is 1. The van der Waals surface area contributed by atoms with E-state index in [1.165, 1.54) is 20.2 Å². The SMILES string of the molecule is CSCC[C@H](N)C(=O)Nc1ccc(C)c(S(=O)(=O)N(C)C)c1. The summed E-state index contributed by atoms with van der Waals surface area (Å²) in [6.45, 7) is 1.71. The summed E-state index contributed by atoms with van der Waals surface area (Å²) in [5, 5.41) is 2.67. The molecule has 0 saturated heterocycles. The lowest BCUT2D eigenvalue weighted by atomic mass is 10.2. The molecule has 0 bridgehead atoms. The standard InChI is InChI=1S/C14H23N3O3S2/c1-10-5-6-11(9-13(10)22(19,20)17(2)3)16-14(18)12(15)7-8-21-4/h5-6,9,12H,7-8,15H2,1-4H3,(H,16,18)/t12-/m0/s1. The smallest absolute Gasteiger partial charge is 0.242 e. The Bertz CT molecular complexity index is 630. The minimum Gasteiger partial charge on any atom is -0.325 e.